The van der Waals surface area contributed by atoms with E-state index in [-0.39, 0.29) is 5.91 Å². The molecule has 0 unspecified atom stereocenters. The first-order chi connectivity index (χ1) is 6.61. The van der Waals surface area contributed by atoms with Gasteiger partial charge in [0.05, 0.1) is 6.34 Å². The van der Waals surface area contributed by atoms with Crippen LogP contribution < -0.4 is 0 Å². The van der Waals surface area contributed by atoms with E-state index in [1.54, 1.807) is 23.1 Å². The Morgan fingerprint density at radius 2 is 2.07 bits per heavy atom. The molecule has 0 bridgehead atoms. The third-order valence-corrected chi connectivity index (χ3v) is 1.65. The fraction of sp³-hybridized carbons (Fsp3) is 0.182. The van der Waals surface area contributed by atoms with Crippen molar-refractivity contribution in [2.24, 2.45) is 4.99 Å². The lowest BCUT2D eigenvalue weighted by Gasteiger charge is -2.03. The Labute approximate surface area is 84.1 Å². The molecular weight excluding hydrogens is 176 g/mol. The summed E-state index contributed by atoms with van der Waals surface area (Å²) in [7, 11) is 3.62. The summed E-state index contributed by atoms with van der Waals surface area (Å²) >= 11 is 0. The second kappa shape index (κ2) is 4.56. The van der Waals surface area contributed by atoms with Crippen LogP contribution in [0.2, 0.25) is 0 Å². The van der Waals surface area contributed by atoms with E-state index in [1.165, 1.54) is 6.34 Å². The van der Waals surface area contributed by atoms with Crippen molar-refractivity contribution in [3.63, 3.8) is 0 Å². The van der Waals surface area contributed by atoms with Crippen molar-refractivity contribution in [2.75, 3.05) is 14.1 Å². The van der Waals surface area contributed by atoms with Gasteiger partial charge in [0.1, 0.15) is 0 Å². The second-order valence-corrected chi connectivity index (χ2v) is 3.17. The summed E-state index contributed by atoms with van der Waals surface area (Å²) in [6, 6.07) is 7.15. The molecule has 1 amide bonds. The predicted octanol–water partition coefficient (Wildman–Crippen LogP) is 1.60. The third kappa shape index (κ3) is 2.69. The number of aliphatic imine (C=N–C) groups is 1. The molecule has 0 saturated carbocycles. The van der Waals surface area contributed by atoms with Gasteiger partial charge in [0, 0.05) is 19.7 Å². The average Bonchev–Trinajstić information content (AvgIpc) is 2.15. The second-order valence-electron chi connectivity index (χ2n) is 3.17. The minimum Gasteiger partial charge on any atom is -0.369 e. The molecule has 0 atom stereocenters. The van der Waals surface area contributed by atoms with Gasteiger partial charge in [-0.15, -0.1) is 0 Å². The molecule has 0 heterocycles. The van der Waals surface area contributed by atoms with Crippen molar-refractivity contribution in [2.45, 2.75) is 0 Å². The zero-order valence-electron chi connectivity index (χ0n) is 8.40. The molecule has 0 aromatic heterocycles. The van der Waals surface area contributed by atoms with Gasteiger partial charge in [-0.1, -0.05) is 18.2 Å². The summed E-state index contributed by atoms with van der Waals surface area (Å²) in [6.07, 6.45) is 1.48. The topological polar surface area (TPSA) is 32.7 Å². The number of rotatable bonds is 2. The van der Waals surface area contributed by atoms with E-state index < -0.39 is 0 Å². The molecule has 1 rings (SSSR count). The molecule has 0 spiro atoms. The van der Waals surface area contributed by atoms with Gasteiger partial charge in [-0.3, -0.25) is 4.79 Å². The number of benzene rings is 1. The van der Waals surface area contributed by atoms with Gasteiger partial charge in [-0.25, -0.2) is 0 Å². The molecule has 0 fully saturated rings. The normalized spacial score (nSPS) is 10.5. The fourth-order valence-corrected chi connectivity index (χ4v) is 0.966. The number of carbonyl (C=O) groups is 1. The van der Waals surface area contributed by atoms with Gasteiger partial charge in [0.25, 0.3) is 5.91 Å². The van der Waals surface area contributed by atoms with Crippen LogP contribution in [-0.4, -0.2) is 31.2 Å². The highest BCUT2D eigenvalue weighted by Gasteiger charge is 2.05. The number of carbonyl (C=O) groups excluding carboxylic acids is 1. The molecule has 0 aliphatic carbocycles. The Hall–Kier alpha value is -1.64. The van der Waals surface area contributed by atoms with E-state index in [9.17, 15) is 4.79 Å². The summed E-state index contributed by atoms with van der Waals surface area (Å²) in [6.45, 7) is 3.76. The Morgan fingerprint density at radius 3 is 2.64 bits per heavy atom. The molecule has 0 aliphatic rings. The molecular formula is C11H13N2O. The van der Waals surface area contributed by atoms with Crippen molar-refractivity contribution in [1.82, 2.24) is 4.90 Å². The summed E-state index contributed by atoms with van der Waals surface area (Å²) in [5.74, 6) is -0.260. The molecule has 0 aliphatic heterocycles. The quantitative estimate of drug-likeness (QED) is 0.523. The number of hydrogen-bond donors (Lipinski definition) is 0. The molecule has 0 N–H and O–H groups in total. The molecule has 73 valence electrons. The summed E-state index contributed by atoms with van der Waals surface area (Å²) in [5, 5.41) is 0. The Balaban J connectivity index is 2.85. The van der Waals surface area contributed by atoms with Crippen LogP contribution in [0.15, 0.2) is 29.3 Å². The summed E-state index contributed by atoms with van der Waals surface area (Å²) in [4.78, 5) is 17.0. The standard InChI is InChI=1S/C11H13N2O/c1-9-6-4-5-7-10(9)11(14)12-8-13(2)3/h4-8H,1H2,2-3H3/b12-8+. The molecule has 1 aromatic carbocycles. The smallest absolute Gasteiger partial charge is 0.278 e. The maximum absolute atomic E-state index is 11.5. The first kappa shape index (κ1) is 10.4. The average molecular weight is 189 g/mol. The molecule has 1 radical (unpaired) electrons. The molecule has 14 heavy (non-hydrogen) atoms. The van der Waals surface area contributed by atoms with E-state index in [0.29, 0.717) is 11.1 Å². The highest BCUT2D eigenvalue weighted by atomic mass is 16.1. The Bertz CT molecular complexity index is 356. The molecule has 3 nitrogen and oxygen atoms in total. The minimum absolute atomic E-state index is 0.260. The number of hydrogen-bond acceptors (Lipinski definition) is 1. The van der Waals surface area contributed by atoms with Crippen LogP contribution in [0.1, 0.15) is 15.9 Å². The minimum atomic E-state index is -0.260. The lowest BCUT2D eigenvalue weighted by atomic mass is 10.1. The van der Waals surface area contributed by atoms with Crippen LogP contribution in [0, 0.1) is 6.92 Å². The van der Waals surface area contributed by atoms with Crippen LogP contribution in [0.25, 0.3) is 0 Å². The van der Waals surface area contributed by atoms with Gasteiger partial charge in [0.2, 0.25) is 0 Å². The van der Waals surface area contributed by atoms with Crippen molar-refractivity contribution >= 4 is 12.2 Å². The van der Waals surface area contributed by atoms with Gasteiger partial charge in [-0.2, -0.15) is 4.99 Å². The maximum Gasteiger partial charge on any atom is 0.278 e. The van der Waals surface area contributed by atoms with Gasteiger partial charge in [-0.05, 0) is 18.6 Å². The van der Waals surface area contributed by atoms with Crippen LogP contribution in [0.3, 0.4) is 0 Å². The lowest BCUT2D eigenvalue weighted by Crippen LogP contribution is -2.10. The van der Waals surface area contributed by atoms with E-state index in [4.69, 9.17) is 0 Å². The Morgan fingerprint density at radius 1 is 1.43 bits per heavy atom. The zero-order chi connectivity index (χ0) is 10.6. The maximum atomic E-state index is 11.5. The van der Waals surface area contributed by atoms with Crippen LogP contribution in [0.5, 0.6) is 0 Å². The SMILES string of the molecule is [CH2]c1ccccc1C(=O)/N=C/N(C)C. The highest BCUT2D eigenvalue weighted by Crippen LogP contribution is 2.07. The van der Waals surface area contributed by atoms with Crippen molar-refractivity contribution < 1.29 is 4.79 Å². The summed E-state index contributed by atoms with van der Waals surface area (Å²) < 4.78 is 0. The molecule has 1 aromatic rings. The first-order valence-electron chi connectivity index (χ1n) is 4.27. The number of amides is 1. The molecule has 3 heteroatoms. The van der Waals surface area contributed by atoms with Gasteiger partial charge in [0.15, 0.2) is 0 Å². The lowest BCUT2D eigenvalue weighted by molar-refractivity contribution is 0.100. The Kier molecular flexibility index (Phi) is 3.40. The van der Waals surface area contributed by atoms with Gasteiger partial charge >= 0.3 is 0 Å². The predicted molar refractivity (Wildman–Crippen MR) is 57.4 cm³/mol. The molecule has 0 saturated heterocycles. The number of nitrogens with zero attached hydrogens (tertiary/aromatic N) is 2. The monoisotopic (exact) mass is 189 g/mol. The fourth-order valence-electron chi connectivity index (χ4n) is 0.966. The van der Waals surface area contributed by atoms with E-state index in [2.05, 4.69) is 11.9 Å². The van der Waals surface area contributed by atoms with Crippen molar-refractivity contribution in [3.8, 4) is 0 Å². The zero-order valence-corrected chi connectivity index (χ0v) is 8.40. The van der Waals surface area contributed by atoms with Crippen molar-refractivity contribution in [1.29, 1.82) is 0 Å². The van der Waals surface area contributed by atoms with Crippen molar-refractivity contribution in [3.05, 3.63) is 42.3 Å². The van der Waals surface area contributed by atoms with Crippen LogP contribution in [0.4, 0.5) is 0 Å². The van der Waals surface area contributed by atoms with Gasteiger partial charge < -0.3 is 4.90 Å². The first-order valence-corrected chi connectivity index (χ1v) is 4.27. The van der Waals surface area contributed by atoms with E-state index >= 15 is 0 Å². The highest BCUT2D eigenvalue weighted by molar-refractivity contribution is 6.00. The third-order valence-electron chi connectivity index (χ3n) is 1.65. The van der Waals surface area contributed by atoms with Crippen LogP contribution in [-0.2, 0) is 0 Å². The largest absolute Gasteiger partial charge is 0.369 e. The van der Waals surface area contributed by atoms with E-state index in [1.807, 2.05) is 20.2 Å². The summed E-state index contributed by atoms with van der Waals surface area (Å²) in [5.41, 5.74) is 1.25. The van der Waals surface area contributed by atoms with E-state index in [0.717, 1.165) is 0 Å². The van der Waals surface area contributed by atoms with Crippen LogP contribution >= 0.6 is 0 Å².